The molecule has 0 aliphatic carbocycles. The van der Waals surface area contributed by atoms with Crippen LogP contribution in [0.5, 0.6) is 5.75 Å². The normalized spacial score (nSPS) is 14.4. The Morgan fingerprint density at radius 3 is 2.47 bits per heavy atom. The van der Waals surface area contributed by atoms with E-state index in [2.05, 4.69) is 0 Å². The molecule has 0 atom stereocenters. The van der Waals surface area contributed by atoms with Gasteiger partial charge < -0.3 is 14.3 Å². The molecule has 4 rings (SSSR count). The standard InChI is InChI=1S/C23H21F4NO4/c24-15-6-4-14(5-7-15)19-20(30)16-8-9-18-17(21(16)32-22(19)23(25,26)27)12-28(13-31-18)10-2-1-3-11-29/h4-9,29H,1-3,10-13H2. The van der Waals surface area contributed by atoms with Gasteiger partial charge in [0.15, 0.2) is 0 Å². The third kappa shape index (κ3) is 4.35. The Bertz CT molecular complexity index is 1170. The van der Waals surface area contributed by atoms with Crippen molar-refractivity contribution in [3.8, 4) is 16.9 Å². The maximum atomic E-state index is 13.9. The highest BCUT2D eigenvalue weighted by Crippen LogP contribution is 2.40. The smallest absolute Gasteiger partial charge is 0.450 e. The number of hydrogen-bond acceptors (Lipinski definition) is 5. The van der Waals surface area contributed by atoms with Crippen LogP contribution in [0.15, 0.2) is 45.6 Å². The molecule has 2 aromatic carbocycles. The fraction of sp³-hybridized carbons (Fsp3) is 0.348. The minimum atomic E-state index is -4.93. The van der Waals surface area contributed by atoms with Crippen LogP contribution in [-0.4, -0.2) is 29.9 Å². The molecule has 0 spiro atoms. The van der Waals surface area contributed by atoms with Gasteiger partial charge in [-0.15, -0.1) is 0 Å². The largest absolute Gasteiger partial charge is 0.478 e. The molecule has 9 heteroatoms. The summed E-state index contributed by atoms with van der Waals surface area (Å²) in [6, 6.07) is 7.18. The van der Waals surface area contributed by atoms with Gasteiger partial charge in [0.1, 0.15) is 23.9 Å². The predicted octanol–water partition coefficient (Wildman–Crippen LogP) is 4.93. The summed E-state index contributed by atoms with van der Waals surface area (Å²) in [6.07, 6.45) is -2.66. The number of nitrogens with zero attached hydrogens (tertiary/aromatic N) is 1. The zero-order valence-corrected chi connectivity index (χ0v) is 17.0. The number of unbranched alkanes of at least 4 members (excludes halogenated alkanes) is 2. The van der Waals surface area contributed by atoms with Crippen molar-refractivity contribution in [2.45, 2.75) is 32.0 Å². The van der Waals surface area contributed by atoms with Crippen molar-refractivity contribution in [1.29, 1.82) is 0 Å². The minimum absolute atomic E-state index is 0.00167. The van der Waals surface area contributed by atoms with Gasteiger partial charge in [0, 0.05) is 19.7 Å². The molecule has 1 N–H and O–H groups in total. The number of halogens is 4. The van der Waals surface area contributed by atoms with Crippen LogP contribution in [0.1, 0.15) is 30.6 Å². The maximum absolute atomic E-state index is 13.9. The summed E-state index contributed by atoms with van der Waals surface area (Å²) in [5.74, 6) is -1.68. The Hall–Kier alpha value is -2.91. The van der Waals surface area contributed by atoms with E-state index in [4.69, 9.17) is 14.3 Å². The molecule has 0 amide bonds. The first-order valence-electron chi connectivity index (χ1n) is 10.2. The first-order chi connectivity index (χ1) is 15.3. The Kier molecular flexibility index (Phi) is 6.21. The van der Waals surface area contributed by atoms with Crippen molar-refractivity contribution in [3.05, 3.63) is 63.8 Å². The molecule has 1 aliphatic rings. The van der Waals surface area contributed by atoms with Crippen LogP contribution in [0.25, 0.3) is 22.1 Å². The third-order valence-corrected chi connectivity index (χ3v) is 5.43. The highest BCUT2D eigenvalue weighted by atomic mass is 19.4. The SMILES string of the molecule is O=c1c(-c2ccc(F)cc2)c(C(F)(F)F)oc2c3c(ccc12)OCN(CCCCCO)C3. The fourth-order valence-corrected chi connectivity index (χ4v) is 3.86. The summed E-state index contributed by atoms with van der Waals surface area (Å²) in [5, 5.41) is 8.90. The van der Waals surface area contributed by atoms with E-state index in [1.165, 1.54) is 6.07 Å². The van der Waals surface area contributed by atoms with Gasteiger partial charge in [-0.2, -0.15) is 13.2 Å². The van der Waals surface area contributed by atoms with E-state index < -0.39 is 28.7 Å². The fourth-order valence-electron chi connectivity index (χ4n) is 3.86. The molecule has 1 aromatic heterocycles. The van der Waals surface area contributed by atoms with Crippen LogP contribution in [0.2, 0.25) is 0 Å². The molecule has 0 fully saturated rings. The molecule has 0 radical (unpaired) electrons. The summed E-state index contributed by atoms with van der Waals surface area (Å²) in [6.45, 7) is 1.26. The first-order valence-corrected chi connectivity index (χ1v) is 10.2. The second kappa shape index (κ2) is 8.91. The number of alkyl halides is 3. The van der Waals surface area contributed by atoms with Gasteiger partial charge >= 0.3 is 6.18 Å². The zero-order chi connectivity index (χ0) is 22.9. The van der Waals surface area contributed by atoms with Crippen molar-refractivity contribution in [2.75, 3.05) is 19.9 Å². The zero-order valence-electron chi connectivity index (χ0n) is 17.0. The van der Waals surface area contributed by atoms with Crippen molar-refractivity contribution in [2.24, 2.45) is 0 Å². The van der Waals surface area contributed by atoms with Crippen LogP contribution < -0.4 is 10.2 Å². The lowest BCUT2D eigenvalue weighted by molar-refractivity contribution is -0.152. The second-order valence-electron chi connectivity index (χ2n) is 7.67. The predicted molar refractivity (Wildman–Crippen MR) is 110 cm³/mol. The van der Waals surface area contributed by atoms with E-state index >= 15 is 0 Å². The van der Waals surface area contributed by atoms with Crippen LogP contribution in [0, 0.1) is 5.82 Å². The van der Waals surface area contributed by atoms with E-state index in [-0.39, 0.29) is 36.4 Å². The molecule has 5 nitrogen and oxygen atoms in total. The van der Waals surface area contributed by atoms with Gasteiger partial charge in [-0.1, -0.05) is 12.1 Å². The summed E-state index contributed by atoms with van der Waals surface area (Å²) >= 11 is 0. The Morgan fingerprint density at radius 1 is 1.03 bits per heavy atom. The van der Waals surface area contributed by atoms with Crippen LogP contribution in [0.4, 0.5) is 17.6 Å². The quantitative estimate of drug-likeness (QED) is 0.425. The summed E-state index contributed by atoms with van der Waals surface area (Å²) in [7, 11) is 0. The van der Waals surface area contributed by atoms with Crippen LogP contribution >= 0.6 is 0 Å². The molecule has 2 heterocycles. The molecule has 1 aliphatic heterocycles. The molecular weight excluding hydrogens is 430 g/mol. The number of rotatable bonds is 6. The van der Waals surface area contributed by atoms with E-state index in [0.29, 0.717) is 24.3 Å². The van der Waals surface area contributed by atoms with Gasteiger partial charge in [0.2, 0.25) is 11.2 Å². The van der Waals surface area contributed by atoms with E-state index in [0.717, 1.165) is 37.1 Å². The maximum Gasteiger partial charge on any atom is 0.450 e. The molecule has 170 valence electrons. The number of fused-ring (bicyclic) bond motifs is 3. The average molecular weight is 451 g/mol. The Labute approximate surface area is 180 Å². The van der Waals surface area contributed by atoms with Crippen molar-refractivity contribution in [1.82, 2.24) is 4.90 Å². The van der Waals surface area contributed by atoms with Gasteiger partial charge in [0.25, 0.3) is 0 Å². The molecule has 3 aromatic rings. The Morgan fingerprint density at radius 2 is 1.78 bits per heavy atom. The third-order valence-electron chi connectivity index (χ3n) is 5.43. The molecule has 0 saturated heterocycles. The van der Waals surface area contributed by atoms with Crippen LogP contribution in [-0.2, 0) is 12.7 Å². The highest BCUT2D eigenvalue weighted by molar-refractivity contribution is 5.87. The summed E-state index contributed by atoms with van der Waals surface area (Å²) < 4.78 is 66.0. The van der Waals surface area contributed by atoms with Gasteiger partial charge in [-0.3, -0.25) is 9.69 Å². The molecule has 0 saturated carbocycles. The van der Waals surface area contributed by atoms with Gasteiger partial charge in [-0.25, -0.2) is 4.39 Å². The molecule has 32 heavy (non-hydrogen) atoms. The van der Waals surface area contributed by atoms with Crippen molar-refractivity contribution >= 4 is 11.0 Å². The number of aliphatic hydroxyl groups is 1. The number of hydrogen-bond donors (Lipinski definition) is 1. The second-order valence-corrected chi connectivity index (χ2v) is 7.67. The molecule has 0 bridgehead atoms. The average Bonchev–Trinajstić information content (AvgIpc) is 2.76. The number of aliphatic hydroxyl groups excluding tert-OH is 1. The topological polar surface area (TPSA) is 62.9 Å². The lowest BCUT2D eigenvalue weighted by Crippen LogP contribution is -2.33. The van der Waals surface area contributed by atoms with E-state index in [1.54, 1.807) is 6.07 Å². The van der Waals surface area contributed by atoms with Gasteiger partial charge in [0.05, 0.1) is 16.5 Å². The summed E-state index contributed by atoms with van der Waals surface area (Å²) in [5.41, 5.74) is -1.35. The lowest BCUT2D eigenvalue weighted by atomic mass is 9.99. The lowest BCUT2D eigenvalue weighted by Gasteiger charge is -2.29. The minimum Gasteiger partial charge on any atom is -0.478 e. The monoisotopic (exact) mass is 451 g/mol. The van der Waals surface area contributed by atoms with Crippen molar-refractivity contribution in [3.63, 3.8) is 0 Å². The molecule has 0 unspecified atom stereocenters. The highest BCUT2D eigenvalue weighted by Gasteiger charge is 2.40. The van der Waals surface area contributed by atoms with Gasteiger partial charge in [-0.05, 0) is 49.1 Å². The van der Waals surface area contributed by atoms with Crippen LogP contribution in [0.3, 0.4) is 0 Å². The van der Waals surface area contributed by atoms with Crippen molar-refractivity contribution < 1.29 is 31.8 Å². The van der Waals surface area contributed by atoms with E-state index in [9.17, 15) is 22.4 Å². The summed E-state index contributed by atoms with van der Waals surface area (Å²) in [4.78, 5) is 15.1. The molecular formula is C23H21F4NO4. The Balaban J connectivity index is 1.82. The first kappa shape index (κ1) is 22.3. The number of benzene rings is 2. The van der Waals surface area contributed by atoms with E-state index in [1.807, 2.05) is 4.90 Å². The number of ether oxygens (including phenoxy) is 1.